The lowest BCUT2D eigenvalue weighted by atomic mass is 9.86. The van der Waals surface area contributed by atoms with E-state index in [4.69, 9.17) is 0 Å². The molecule has 1 aromatic carbocycles. The predicted molar refractivity (Wildman–Crippen MR) is 107 cm³/mol. The molecule has 2 atom stereocenters. The SMILES string of the molecule is CN1CC(C(=O)Nc2cccc(C(F)(F)F)c2)CC1C1CCN(C(=O)C2CC2)CC1. The highest BCUT2D eigenvalue weighted by molar-refractivity contribution is 5.93. The molecule has 2 aliphatic heterocycles. The van der Waals surface area contributed by atoms with Crippen LogP contribution in [0.25, 0.3) is 0 Å². The molecule has 3 fully saturated rings. The Morgan fingerprint density at radius 3 is 2.40 bits per heavy atom. The summed E-state index contributed by atoms with van der Waals surface area (Å²) in [4.78, 5) is 29.1. The van der Waals surface area contributed by atoms with Crippen molar-refractivity contribution in [1.29, 1.82) is 0 Å². The van der Waals surface area contributed by atoms with E-state index in [1.165, 1.54) is 12.1 Å². The molecule has 30 heavy (non-hydrogen) atoms. The largest absolute Gasteiger partial charge is 0.416 e. The highest BCUT2D eigenvalue weighted by Crippen LogP contribution is 2.36. The Hall–Kier alpha value is -2.09. The molecule has 4 rings (SSSR count). The zero-order valence-electron chi connectivity index (χ0n) is 17.1. The summed E-state index contributed by atoms with van der Waals surface area (Å²) in [6, 6.07) is 5.02. The Morgan fingerprint density at radius 2 is 1.77 bits per heavy atom. The van der Waals surface area contributed by atoms with E-state index in [0.29, 0.717) is 24.8 Å². The summed E-state index contributed by atoms with van der Waals surface area (Å²) in [5.41, 5.74) is -0.595. The van der Waals surface area contributed by atoms with Crippen LogP contribution < -0.4 is 5.32 Å². The molecule has 0 aromatic heterocycles. The molecule has 2 saturated heterocycles. The maximum atomic E-state index is 12.9. The number of piperidine rings is 1. The van der Waals surface area contributed by atoms with Crippen LogP contribution in [0.1, 0.15) is 37.7 Å². The number of anilines is 1. The minimum atomic E-state index is -4.44. The number of nitrogens with zero attached hydrogens (tertiary/aromatic N) is 2. The van der Waals surface area contributed by atoms with E-state index >= 15 is 0 Å². The number of amides is 2. The van der Waals surface area contributed by atoms with Crippen molar-refractivity contribution in [3.8, 4) is 0 Å². The van der Waals surface area contributed by atoms with E-state index in [9.17, 15) is 22.8 Å². The first-order valence-corrected chi connectivity index (χ1v) is 10.7. The van der Waals surface area contributed by atoms with Crippen LogP contribution in [-0.4, -0.2) is 54.3 Å². The van der Waals surface area contributed by atoms with Crippen LogP contribution in [0, 0.1) is 17.8 Å². The number of hydrogen-bond donors (Lipinski definition) is 1. The first-order chi connectivity index (χ1) is 14.2. The lowest BCUT2D eigenvalue weighted by Crippen LogP contribution is -2.44. The van der Waals surface area contributed by atoms with E-state index < -0.39 is 11.7 Å². The number of halogens is 3. The number of carbonyl (C=O) groups is 2. The molecular formula is C22H28F3N3O2. The van der Waals surface area contributed by atoms with Crippen LogP contribution in [0.4, 0.5) is 18.9 Å². The molecule has 5 nitrogen and oxygen atoms in total. The number of hydrogen-bond acceptors (Lipinski definition) is 3. The maximum absolute atomic E-state index is 12.9. The molecule has 2 amide bonds. The molecule has 1 N–H and O–H groups in total. The molecule has 1 aliphatic carbocycles. The van der Waals surface area contributed by atoms with Crippen molar-refractivity contribution in [3.63, 3.8) is 0 Å². The van der Waals surface area contributed by atoms with E-state index in [2.05, 4.69) is 10.2 Å². The van der Waals surface area contributed by atoms with Crippen molar-refractivity contribution in [1.82, 2.24) is 9.80 Å². The van der Waals surface area contributed by atoms with Gasteiger partial charge in [0.15, 0.2) is 0 Å². The lowest BCUT2D eigenvalue weighted by Gasteiger charge is -2.37. The predicted octanol–water partition coefficient (Wildman–Crippen LogP) is 3.61. The number of alkyl halides is 3. The molecule has 2 heterocycles. The highest BCUT2D eigenvalue weighted by atomic mass is 19.4. The molecule has 0 spiro atoms. The fourth-order valence-electron chi connectivity index (χ4n) is 4.88. The van der Waals surface area contributed by atoms with E-state index in [0.717, 1.165) is 50.9 Å². The minimum Gasteiger partial charge on any atom is -0.342 e. The Morgan fingerprint density at radius 1 is 1.07 bits per heavy atom. The van der Waals surface area contributed by atoms with Crippen molar-refractivity contribution >= 4 is 17.5 Å². The number of carbonyl (C=O) groups excluding carboxylic acids is 2. The van der Waals surface area contributed by atoms with E-state index in [1.807, 2.05) is 11.9 Å². The van der Waals surface area contributed by atoms with Crippen molar-refractivity contribution in [2.24, 2.45) is 17.8 Å². The normalized spacial score (nSPS) is 26.1. The number of rotatable bonds is 4. The van der Waals surface area contributed by atoms with Gasteiger partial charge >= 0.3 is 6.18 Å². The van der Waals surface area contributed by atoms with Gasteiger partial charge < -0.3 is 15.1 Å². The second-order valence-electron chi connectivity index (χ2n) is 8.94. The summed E-state index contributed by atoms with van der Waals surface area (Å²) in [5.74, 6) is 0.501. The third-order valence-electron chi connectivity index (χ3n) is 6.75. The van der Waals surface area contributed by atoms with Gasteiger partial charge in [-0.15, -0.1) is 0 Å². The molecule has 1 aromatic rings. The Labute approximate surface area is 174 Å². The van der Waals surface area contributed by atoms with Crippen LogP contribution in [0.2, 0.25) is 0 Å². The van der Waals surface area contributed by atoms with Gasteiger partial charge in [0.05, 0.1) is 11.5 Å². The van der Waals surface area contributed by atoms with Gasteiger partial charge in [-0.05, 0) is 63.3 Å². The molecular weight excluding hydrogens is 395 g/mol. The number of benzene rings is 1. The average molecular weight is 423 g/mol. The van der Waals surface area contributed by atoms with E-state index in [1.54, 1.807) is 0 Å². The van der Waals surface area contributed by atoms with Crippen LogP contribution in [-0.2, 0) is 15.8 Å². The molecule has 0 bridgehead atoms. The minimum absolute atomic E-state index is 0.174. The standard InChI is InChI=1S/C22H28F3N3O2/c1-27-13-16(20(29)26-18-4-2-3-17(12-18)22(23,24)25)11-19(27)14-7-9-28(10-8-14)21(30)15-5-6-15/h2-4,12,14-16,19H,5-11,13H2,1H3,(H,26,29). The van der Waals surface area contributed by atoms with Crippen molar-refractivity contribution < 1.29 is 22.8 Å². The molecule has 8 heteroatoms. The fourth-order valence-corrected chi connectivity index (χ4v) is 4.88. The molecule has 0 radical (unpaired) electrons. The third kappa shape index (κ3) is 4.63. The zero-order chi connectivity index (χ0) is 21.5. The van der Waals surface area contributed by atoms with Crippen LogP contribution in [0.5, 0.6) is 0 Å². The number of nitrogens with one attached hydrogen (secondary N) is 1. The smallest absolute Gasteiger partial charge is 0.342 e. The average Bonchev–Trinajstić information content (AvgIpc) is 3.49. The molecule has 3 aliphatic rings. The van der Waals surface area contributed by atoms with Crippen LogP contribution >= 0.6 is 0 Å². The van der Waals surface area contributed by atoms with Gasteiger partial charge in [0.25, 0.3) is 0 Å². The third-order valence-corrected chi connectivity index (χ3v) is 6.75. The molecule has 2 unspecified atom stereocenters. The topological polar surface area (TPSA) is 52.7 Å². The summed E-state index contributed by atoms with van der Waals surface area (Å²) < 4.78 is 38.7. The Balaban J connectivity index is 1.32. The van der Waals surface area contributed by atoms with Gasteiger partial charge in [-0.1, -0.05) is 6.07 Å². The Bertz CT molecular complexity index is 801. The quantitative estimate of drug-likeness (QED) is 0.805. The highest BCUT2D eigenvalue weighted by Gasteiger charge is 2.41. The van der Waals surface area contributed by atoms with Crippen molar-refractivity contribution in [2.75, 3.05) is 32.0 Å². The van der Waals surface area contributed by atoms with Crippen LogP contribution in [0.3, 0.4) is 0 Å². The first-order valence-electron chi connectivity index (χ1n) is 10.7. The lowest BCUT2D eigenvalue weighted by molar-refractivity contribution is -0.137. The summed E-state index contributed by atoms with van der Waals surface area (Å²) in [6.45, 7) is 2.16. The van der Waals surface area contributed by atoms with Gasteiger partial charge in [-0.25, -0.2) is 0 Å². The van der Waals surface area contributed by atoms with Gasteiger partial charge in [0, 0.05) is 37.3 Å². The number of likely N-dealkylation sites (tertiary alicyclic amines) is 2. The maximum Gasteiger partial charge on any atom is 0.416 e. The summed E-state index contributed by atoms with van der Waals surface area (Å²) in [7, 11) is 2.00. The summed E-state index contributed by atoms with van der Waals surface area (Å²) in [6.07, 6.45) is 0.183. The van der Waals surface area contributed by atoms with Crippen LogP contribution in [0.15, 0.2) is 24.3 Å². The molecule has 1 saturated carbocycles. The van der Waals surface area contributed by atoms with Crippen molar-refractivity contribution in [2.45, 2.75) is 44.3 Å². The molecule has 164 valence electrons. The van der Waals surface area contributed by atoms with Crippen molar-refractivity contribution in [3.05, 3.63) is 29.8 Å². The second kappa shape index (κ2) is 8.21. The van der Waals surface area contributed by atoms with E-state index in [-0.39, 0.29) is 29.5 Å². The first kappa shape index (κ1) is 21.2. The van der Waals surface area contributed by atoms with Gasteiger partial charge in [0.1, 0.15) is 0 Å². The van der Waals surface area contributed by atoms with Gasteiger partial charge in [-0.2, -0.15) is 13.2 Å². The zero-order valence-corrected chi connectivity index (χ0v) is 17.1. The van der Waals surface area contributed by atoms with Gasteiger partial charge in [0.2, 0.25) is 11.8 Å². The monoisotopic (exact) mass is 423 g/mol. The summed E-state index contributed by atoms with van der Waals surface area (Å²) in [5, 5.41) is 2.66. The fraction of sp³-hybridized carbons (Fsp3) is 0.636. The van der Waals surface area contributed by atoms with Gasteiger partial charge in [-0.3, -0.25) is 9.59 Å². The summed E-state index contributed by atoms with van der Waals surface area (Å²) >= 11 is 0. The second-order valence-corrected chi connectivity index (χ2v) is 8.94. The Kier molecular flexibility index (Phi) is 5.79.